The van der Waals surface area contributed by atoms with Crippen LogP contribution < -0.4 is 16.4 Å². The summed E-state index contributed by atoms with van der Waals surface area (Å²) < 4.78 is 79.1. The Kier molecular flexibility index (Phi) is 7.84. The lowest BCUT2D eigenvalue weighted by atomic mass is 9.94. The molecule has 10 nitrogen and oxygen atoms in total. The molecule has 0 aromatic heterocycles. The van der Waals surface area contributed by atoms with Crippen LogP contribution in [0.3, 0.4) is 0 Å². The number of hydrogen-bond donors (Lipinski definition) is 5. The summed E-state index contributed by atoms with van der Waals surface area (Å²) in [5, 5.41) is 31.4. The van der Waals surface area contributed by atoms with Crippen molar-refractivity contribution < 1.29 is 46.1 Å². The number of nitrogens with one attached hydrogen (secondary N) is 2. The number of aliphatic imine (C=N–C) groups is 1. The van der Waals surface area contributed by atoms with Crippen molar-refractivity contribution in [1.82, 2.24) is 10.6 Å². The van der Waals surface area contributed by atoms with Crippen LogP contribution in [0.1, 0.15) is 44.7 Å². The van der Waals surface area contributed by atoms with Crippen molar-refractivity contribution >= 4 is 17.6 Å². The van der Waals surface area contributed by atoms with Gasteiger partial charge in [0.2, 0.25) is 5.54 Å². The highest BCUT2D eigenvalue weighted by molar-refractivity contribution is 6.04. The molecule has 0 spiro atoms. The van der Waals surface area contributed by atoms with Gasteiger partial charge in [0.25, 0.3) is 11.8 Å². The van der Waals surface area contributed by atoms with Gasteiger partial charge in [0.1, 0.15) is 5.84 Å². The minimum absolute atomic E-state index is 0.0607. The molecule has 3 atom stereocenters. The summed E-state index contributed by atoms with van der Waals surface area (Å²) in [6, 6.07) is 9.15. The predicted octanol–water partition coefficient (Wildman–Crippen LogP) is 2.66. The van der Waals surface area contributed by atoms with E-state index >= 15 is 0 Å². The maximum Gasteiger partial charge on any atom is 0.442 e. The average Bonchev–Trinajstić information content (AvgIpc) is 3.83. The van der Waals surface area contributed by atoms with Crippen LogP contribution in [-0.2, 0) is 11.2 Å². The summed E-state index contributed by atoms with van der Waals surface area (Å²) in [6.07, 6.45) is -12.1. The summed E-state index contributed by atoms with van der Waals surface area (Å²) in [4.78, 5) is 27.9. The van der Waals surface area contributed by atoms with E-state index in [1.165, 1.54) is 24.3 Å². The topological polar surface area (TPSA) is 162 Å². The van der Waals surface area contributed by atoms with Gasteiger partial charge in [0.15, 0.2) is 0 Å². The van der Waals surface area contributed by atoms with E-state index in [9.17, 15) is 46.1 Å². The maximum absolute atomic E-state index is 13.3. The lowest BCUT2D eigenvalue weighted by Gasteiger charge is -2.19. The SMILES string of the molecule is NC1=NC1(c1ccc(C(=O)NCC[C@@H](O)[C@H](O)CCNC(=O)c2ccc(C3(C(F)(F)F)N=N3)cc2)cc1)C(F)(F)F. The van der Waals surface area contributed by atoms with Crippen LogP contribution in [0, 0.1) is 0 Å². The molecule has 0 saturated carbocycles. The monoisotopic (exact) mass is 586 g/mol. The van der Waals surface area contributed by atoms with Gasteiger partial charge >= 0.3 is 18.0 Å². The van der Waals surface area contributed by atoms with Crippen LogP contribution >= 0.6 is 0 Å². The van der Waals surface area contributed by atoms with Crippen molar-refractivity contribution in [2.24, 2.45) is 21.0 Å². The average molecular weight is 586 g/mol. The first-order chi connectivity index (χ1) is 19.1. The Labute approximate surface area is 228 Å². The molecule has 0 aliphatic carbocycles. The van der Waals surface area contributed by atoms with Crippen LogP contribution in [0.15, 0.2) is 63.8 Å². The lowest BCUT2D eigenvalue weighted by Crippen LogP contribution is -2.38. The third kappa shape index (κ3) is 5.88. The van der Waals surface area contributed by atoms with Crippen LogP contribution in [0.4, 0.5) is 26.3 Å². The molecule has 6 N–H and O–H groups in total. The zero-order valence-corrected chi connectivity index (χ0v) is 21.0. The highest BCUT2D eigenvalue weighted by atomic mass is 19.4. The van der Waals surface area contributed by atoms with Gasteiger partial charge in [-0.05, 0) is 42.7 Å². The number of hydrogen-bond acceptors (Lipinski definition) is 8. The van der Waals surface area contributed by atoms with Crippen molar-refractivity contribution in [2.75, 3.05) is 13.1 Å². The molecule has 0 fully saturated rings. The lowest BCUT2D eigenvalue weighted by molar-refractivity contribution is -0.166. The molecule has 2 amide bonds. The van der Waals surface area contributed by atoms with Crippen molar-refractivity contribution in [2.45, 2.75) is 48.6 Å². The summed E-state index contributed by atoms with van der Waals surface area (Å²) in [5.41, 5.74) is -0.178. The largest absolute Gasteiger partial charge is 0.442 e. The molecule has 2 aliphatic rings. The molecular formula is C25H24F6N6O4. The number of alkyl halides is 6. The number of halogens is 6. The number of aliphatic hydroxyl groups is 2. The number of carbonyl (C=O) groups excluding carboxylic acids is 2. The van der Waals surface area contributed by atoms with Gasteiger partial charge in [-0.1, -0.05) is 24.3 Å². The first-order valence-electron chi connectivity index (χ1n) is 12.2. The minimum Gasteiger partial charge on any atom is -0.390 e. The van der Waals surface area contributed by atoms with E-state index in [2.05, 4.69) is 25.9 Å². The van der Waals surface area contributed by atoms with Gasteiger partial charge in [0, 0.05) is 29.8 Å². The third-order valence-corrected chi connectivity index (χ3v) is 6.72. The molecule has 1 unspecified atom stereocenters. The van der Waals surface area contributed by atoms with Crippen LogP contribution in [0.2, 0.25) is 0 Å². The van der Waals surface area contributed by atoms with Gasteiger partial charge in [-0.15, -0.1) is 10.2 Å². The normalized spacial score (nSPS) is 20.5. The van der Waals surface area contributed by atoms with Crippen molar-refractivity contribution in [3.8, 4) is 0 Å². The number of amidine groups is 1. The molecular weight excluding hydrogens is 562 g/mol. The molecule has 0 bridgehead atoms. The quantitative estimate of drug-likeness (QED) is 0.256. The number of nitrogens with two attached hydrogens (primary N) is 1. The summed E-state index contributed by atoms with van der Waals surface area (Å²) >= 11 is 0. The summed E-state index contributed by atoms with van der Waals surface area (Å²) in [6.45, 7) is -0.139. The maximum atomic E-state index is 13.3. The zero-order chi connectivity index (χ0) is 30.2. The minimum atomic E-state index is -4.71. The molecule has 2 aromatic rings. The predicted molar refractivity (Wildman–Crippen MR) is 131 cm³/mol. The summed E-state index contributed by atoms with van der Waals surface area (Å²) in [5.74, 6) is -1.79. The third-order valence-electron chi connectivity index (χ3n) is 6.72. The zero-order valence-electron chi connectivity index (χ0n) is 21.0. The van der Waals surface area contributed by atoms with Crippen LogP contribution in [0.25, 0.3) is 0 Å². The Balaban J connectivity index is 1.17. The first kappa shape index (κ1) is 29.9. The van der Waals surface area contributed by atoms with Gasteiger partial charge < -0.3 is 26.6 Å². The number of carbonyl (C=O) groups is 2. The van der Waals surface area contributed by atoms with E-state index < -0.39 is 53.4 Å². The second kappa shape index (κ2) is 10.7. The van der Waals surface area contributed by atoms with E-state index in [1.807, 2.05) is 0 Å². The van der Waals surface area contributed by atoms with Crippen LogP contribution in [-0.4, -0.2) is 65.5 Å². The smallest absolute Gasteiger partial charge is 0.390 e. The number of benzene rings is 2. The van der Waals surface area contributed by atoms with E-state index in [4.69, 9.17) is 5.73 Å². The van der Waals surface area contributed by atoms with Crippen molar-refractivity contribution in [1.29, 1.82) is 0 Å². The molecule has 0 saturated heterocycles. The molecule has 0 radical (unpaired) electrons. The van der Waals surface area contributed by atoms with Crippen molar-refractivity contribution in [3.05, 3.63) is 70.8 Å². The van der Waals surface area contributed by atoms with E-state index in [0.717, 1.165) is 24.3 Å². The number of amides is 2. The second-order valence-corrected chi connectivity index (χ2v) is 9.45. The van der Waals surface area contributed by atoms with Gasteiger partial charge in [-0.2, -0.15) is 26.3 Å². The molecule has 4 rings (SSSR count). The first-order valence-corrected chi connectivity index (χ1v) is 12.2. The number of nitrogens with zero attached hydrogens (tertiary/aromatic N) is 3. The number of aliphatic hydroxyl groups excluding tert-OH is 2. The van der Waals surface area contributed by atoms with E-state index in [1.54, 1.807) is 0 Å². The Morgan fingerprint density at radius 2 is 1.15 bits per heavy atom. The fraction of sp³-hybridized carbons (Fsp3) is 0.400. The molecule has 41 heavy (non-hydrogen) atoms. The molecule has 2 aliphatic heterocycles. The second-order valence-electron chi connectivity index (χ2n) is 9.45. The standard InChI is InChI=1S/C25H24F6N6O4/c26-24(27,28)22(21(32)35-22)15-5-1-13(2-6-15)19(40)33-11-9-17(38)18(39)10-12-34-20(41)14-3-7-16(8-4-14)23(36-37-23)25(29,30)31/h1-8,17-18,38-39H,9-12H2,(H2,32,35)(H,33,40)(H,34,41)/t17-,18-,22?/m1/s1. The molecule has 2 aromatic carbocycles. The van der Waals surface area contributed by atoms with Crippen molar-refractivity contribution in [3.63, 3.8) is 0 Å². The number of rotatable bonds is 11. The Morgan fingerprint density at radius 3 is 1.46 bits per heavy atom. The fourth-order valence-corrected chi connectivity index (χ4v) is 4.15. The van der Waals surface area contributed by atoms with Gasteiger partial charge in [0.05, 0.1) is 12.2 Å². The highest BCUT2D eigenvalue weighted by Gasteiger charge is 2.67. The van der Waals surface area contributed by atoms with E-state index in [0.29, 0.717) is 0 Å². The Bertz CT molecular complexity index is 1350. The van der Waals surface area contributed by atoms with Gasteiger partial charge in [-0.25, -0.2) is 4.99 Å². The Morgan fingerprint density at radius 1 is 0.756 bits per heavy atom. The molecule has 2 heterocycles. The summed E-state index contributed by atoms with van der Waals surface area (Å²) in [7, 11) is 0. The molecule has 220 valence electrons. The Hall–Kier alpha value is -4.05. The van der Waals surface area contributed by atoms with Crippen LogP contribution in [0.5, 0.6) is 0 Å². The van der Waals surface area contributed by atoms with E-state index in [-0.39, 0.29) is 48.2 Å². The highest BCUT2D eigenvalue weighted by Crippen LogP contribution is 2.52. The van der Waals surface area contributed by atoms with Gasteiger partial charge in [-0.3, -0.25) is 9.59 Å². The molecule has 16 heteroatoms. The fourth-order valence-electron chi connectivity index (χ4n) is 4.15.